The fourth-order valence-corrected chi connectivity index (χ4v) is 4.70. The van der Waals surface area contributed by atoms with Gasteiger partial charge in [0.2, 0.25) is 0 Å². The lowest BCUT2D eigenvalue weighted by Crippen LogP contribution is -2.51. The minimum absolute atomic E-state index is 0.125. The fraction of sp³-hybridized carbons (Fsp3) is 0.458. The Morgan fingerprint density at radius 3 is 2.66 bits per heavy atom. The number of hydrogen-bond donors (Lipinski definition) is 0. The van der Waals surface area contributed by atoms with E-state index in [9.17, 15) is 9.18 Å². The van der Waals surface area contributed by atoms with Gasteiger partial charge in [0.25, 0.3) is 5.91 Å². The number of rotatable bonds is 4. The van der Waals surface area contributed by atoms with Crippen LogP contribution in [0.1, 0.15) is 41.6 Å². The Labute approximate surface area is 171 Å². The maximum Gasteiger partial charge on any atom is 0.253 e. The van der Waals surface area contributed by atoms with Crippen molar-refractivity contribution in [2.75, 3.05) is 26.8 Å². The molecule has 154 valence electrons. The second kappa shape index (κ2) is 8.54. The molecule has 2 aliphatic rings. The summed E-state index contributed by atoms with van der Waals surface area (Å²) in [5.41, 5.74) is 1.62. The van der Waals surface area contributed by atoms with E-state index in [2.05, 4.69) is 30.3 Å². The molecule has 29 heavy (non-hydrogen) atoms. The van der Waals surface area contributed by atoms with Crippen LogP contribution in [-0.4, -0.2) is 43.2 Å². The van der Waals surface area contributed by atoms with Gasteiger partial charge in [0.1, 0.15) is 0 Å². The molecule has 2 heterocycles. The number of nitrogens with zero attached hydrogens (tertiary/aromatic N) is 1. The van der Waals surface area contributed by atoms with E-state index in [0.29, 0.717) is 24.6 Å². The Morgan fingerprint density at radius 1 is 1.21 bits per heavy atom. The lowest BCUT2D eigenvalue weighted by atomic mass is 9.77. The van der Waals surface area contributed by atoms with Gasteiger partial charge >= 0.3 is 0 Å². The summed E-state index contributed by atoms with van der Waals surface area (Å²) in [6.45, 7) is 2.07. The lowest BCUT2D eigenvalue weighted by molar-refractivity contribution is -0.123. The van der Waals surface area contributed by atoms with Gasteiger partial charge in [0, 0.05) is 25.3 Å². The molecule has 0 aliphatic carbocycles. The molecule has 1 spiro atoms. The highest BCUT2D eigenvalue weighted by Crippen LogP contribution is 2.39. The molecule has 4 rings (SSSR count). The zero-order valence-corrected chi connectivity index (χ0v) is 16.9. The average molecular weight is 397 g/mol. The van der Waals surface area contributed by atoms with E-state index in [1.54, 1.807) is 6.07 Å². The van der Waals surface area contributed by atoms with Crippen molar-refractivity contribution in [2.24, 2.45) is 5.92 Å². The molecule has 2 aliphatic heterocycles. The van der Waals surface area contributed by atoms with E-state index in [1.165, 1.54) is 24.8 Å². The molecule has 0 bridgehead atoms. The molecule has 4 nitrogen and oxygen atoms in total. The van der Waals surface area contributed by atoms with E-state index >= 15 is 0 Å². The Bertz CT molecular complexity index is 846. The second-order valence-corrected chi connectivity index (χ2v) is 8.22. The molecule has 1 amide bonds. The van der Waals surface area contributed by atoms with Crippen LogP contribution in [0.15, 0.2) is 48.5 Å². The largest absolute Gasteiger partial charge is 0.494 e. The van der Waals surface area contributed by atoms with Gasteiger partial charge in [-0.1, -0.05) is 30.3 Å². The molecular formula is C24H28FNO3. The lowest BCUT2D eigenvalue weighted by Gasteiger charge is -2.46. The van der Waals surface area contributed by atoms with Gasteiger partial charge in [-0.15, -0.1) is 0 Å². The molecule has 2 saturated heterocycles. The van der Waals surface area contributed by atoms with Gasteiger partial charge in [0.05, 0.1) is 12.7 Å². The summed E-state index contributed by atoms with van der Waals surface area (Å²) in [5, 5.41) is 0. The van der Waals surface area contributed by atoms with E-state index in [-0.39, 0.29) is 17.3 Å². The van der Waals surface area contributed by atoms with Crippen LogP contribution in [-0.2, 0) is 11.2 Å². The van der Waals surface area contributed by atoms with Crippen LogP contribution in [0.5, 0.6) is 5.75 Å². The number of piperidine rings is 1. The SMILES string of the molecule is COc1ccc(C(=O)N2CCC3(CC2)C[C@@H](Cc2ccccc2)CCO3)cc1F. The molecule has 0 saturated carbocycles. The summed E-state index contributed by atoms with van der Waals surface area (Å²) in [6, 6.07) is 15.0. The summed E-state index contributed by atoms with van der Waals surface area (Å²) in [6.07, 6.45) is 4.89. The van der Waals surface area contributed by atoms with Gasteiger partial charge in [-0.2, -0.15) is 0 Å². The fourth-order valence-electron chi connectivity index (χ4n) is 4.70. The third-order valence-corrected chi connectivity index (χ3v) is 6.32. The maximum atomic E-state index is 14.0. The van der Waals surface area contributed by atoms with Gasteiger partial charge in [-0.3, -0.25) is 4.79 Å². The van der Waals surface area contributed by atoms with Crippen molar-refractivity contribution in [2.45, 2.75) is 37.7 Å². The normalized spacial score (nSPS) is 21.2. The van der Waals surface area contributed by atoms with E-state index in [0.717, 1.165) is 38.7 Å². The number of amides is 1. The second-order valence-electron chi connectivity index (χ2n) is 8.22. The highest BCUT2D eigenvalue weighted by Gasteiger charge is 2.41. The van der Waals surface area contributed by atoms with Gasteiger partial charge < -0.3 is 14.4 Å². The Morgan fingerprint density at radius 2 is 1.97 bits per heavy atom. The number of benzene rings is 2. The van der Waals surface area contributed by atoms with Gasteiger partial charge in [0.15, 0.2) is 11.6 Å². The van der Waals surface area contributed by atoms with E-state index in [1.807, 2.05) is 4.90 Å². The standard InChI is InChI=1S/C24H28FNO3/c1-28-22-8-7-20(16-21(22)25)23(27)26-12-10-24(11-13-26)17-19(9-14-29-24)15-18-5-3-2-4-6-18/h2-8,16,19H,9-15,17H2,1H3/t19-/m1/s1. The number of carbonyl (C=O) groups is 1. The number of ether oxygens (including phenoxy) is 2. The molecule has 1 atom stereocenters. The predicted octanol–water partition coefficient (Wildman–Crippen LogP) is 4.48. The Hall–Kier alpha value is -2.40. The molecular weight excluding hydrogens is 369 g/mol. The third-order valence-electron chi connectivity index (χ3n) is 6.32. The number of hydrogen-bond acceptors (Lipinski definition) is 3. The number of likely N-dealkylation sites (tertiary alicyclic amines) is 1. The highest BCUT2D eigenvalue weighted by atomic mass is 19.1. The van der Waals surface area contributed by atoms with E-state index in [4.69, 9.17) is 9.47 Å². The minimum Gasteiger partial charge on any atom is -0.494 e. The van der Waals surface area contributed by atoms with Crippen LogP contribution < -0.4 is 4.74 Å². The van der Waals surface area contributed by atoms with Crippen molar-refractivity contribution in [1.82, 2.24) is 4.90 Å². The first-order valence-electron chi connectivity index (χ1n) is 10.4. The van der Waals surface area contributed by atoms with Crippen LogP contribution >= 0.6 is 0 Å². The monoisotopic (exact) mass is 397 g/mol. The first-order chi connectivity index (χ1) is 14.1. The molecule has 2 fully saturated rings. The number of halogens is 1. The summed E-state index contributed by atoms with van der Waals surface area (Å²) >= 11 is 0. The zero-order chi connectivity index (χ0) is 20.3. The third kappa shape index (κ3) is 4.45. The van der Waals surface area contributed by atoms with Crippen LogP contribution in [0.2, 0.25) is 0 Å². The van der Waals surface area contributed by atoms with Crippen molar-refractivity contribution in [3.05, 3.63) is 65.5 Å². The molecule has 0 unspecified atom stereocenters. The zero-order valence-electron chi connectivity index (χ0n) is 16.9. The van der Waals surface area contributed by atoms with Crippen molar-refractivity contribution < 1.29 is 18.7 Å². The van der Waals surface area contributed by atoms with Crippen LogP contribution in [0.3, 0.4) is 0 Å². The average Bonchev–Trinajstić information content (AvgIpc) is 2.74. The van der Waals surface area contributed by atoms with Crippen molar-refractivity contribution in [3.63, 3.8) is 0 Å². The summed E-state index contributed by atoms with van der Waals surface area (Å²) < 4.78 is 25.1. The van der Waals surface area contributed by atoms with Gasteiger partial charge in [-0.05, 0) is 61.8 Å². The van der Waals surface area contributed by atoms with Crippen molar-refractivity contribution in [1.29, 1.82) is 0 Å². The Balaban J connectivity index is 1.36. The quantitative estimate of drug-likeness (QED) is 0.764. The molecule has 5 heteroatoms. The Kier molecular flexibility index (Phi) is 5.86. The smallest absolute Gasteiger partial charge is 0.253 e. The molecule has 0 aromatic heterocycles. The molecule has 2 aromatic carbocycles. The van der Waals surface area contributed by atoms with Crippen molar-refractivity contribution >= 4 is 5.91 Å². The van der Waals surface area contributed by atoms with Crippen LogP contribution in [0.4, 0.5) is 4.39 Å². The first-order valence-corrected chi connectivity index (χ1v) is 10.4. The predicted molar refractivity (Wildman–Crippen MR) is 110 cm³/mol. The van der Waals surface area contributed by atoms with Crippen LogP contribution in [0.25, 0.3) is 0 Å². The summed E-state index contributed by atoms with van der Waals surface area (Å²) in [4.78, 5) is 14.6. The van der Waals surface area contributed by atoms with E-state index < -0.39 is 5.82 Å². The maximum absolute atomic E-state index is 14.0. The molecule has 2 aromatic rings. The van der Waals surface area contributed by atoms with Crippen LogP contribution in [0, 0.1) is 11.7 Å². The first kappa shape index (κ1) is 19.9. The summed E-state index contributed by atoms with van der Waals surface area (Å²) in [5.74, 6) is 0.132. The molecule has 0 N–H and O–H groups in total. The van der Waals surface area contributed by atoms with Gasteiger partial charge in [-0.25, -0.2) is 4.39 Å². The highest BCUT2D eigenvalue weighted by molar-refractivity contribution is 5.94. The minimum atomic E-state index is -0.508. The molecule has 0 radical (unpaired) electrons. The summed E-state index contributed by atoms with van der Waals surface area (Å²) in [7, 11) is 1.42. The van der Waals surface area contributed by atoms with Crippen molar-refractivity contribution in [3.8, 4) is 5.75 Å². The topological polar surface area (TPSA) is 38.8 Å². The number of carbonyl (C=O) groups excluding carboxylic acids is 1. The number of methoxy groups -OCH3 is 1.